The largest absolute Gasteiger partial charge is 0.496 e. The van der Waals surface area contributed by atoms with Crippen LogP contribution in [0.1, 0.15) is 27.0 Å². The first kappa shape index (κ1) is 21.7. The average molecular weight is 465 g/mol. The lowest BCUT2D eigenvalue weighted by molar-refractivity contribution is -0.135. The van der Waals surface area contributed by atoms with Gasteiger partial charge >= 0.3 is 5.97 Å². The summed E-state index contributed by atoms with van der Waals surface area (Å²) in [7, 11) is 5.75. The lowest BCUT2D eigenvalue weighted by atomic mass is 9.89. The zero-order valence-electron chi connectivity index (χ0n) is 19.2. The first-order valence-corrected chi connectivity index (χ1v) is 10.6. The van der Waals surface area contributed by atoms with E-state index in [2.05, 4.69) is 0 Å². The summed E-state index contributed by atoms with van der Waals surface area (Å²) in [6.45, 7) is 0.470. The summed E-state index contributed by atoms with van der Waals surface area (Å²) in [5.74, 6) is 1.29. The fourth-order valence-corrected chi connectivity index (χ4v) is 4.59. The highest BCUT2D eigenvalue weighted by Gasteiger charge is 2.37. The average Bonchev–Trinajstić information content (AvgIpc) is 3.32. The summed E-state index contributed by atoms with van der Waals surface area (Å²) in [5, 5.41) is 0. The number of nitrogens with zero attached hydrogens (tertiary/aromatic N) is 1. The Hall–Kier alpha value is -4.14. The molecule has 0 fully saturated rings. The summed E-state index contributed by atoms with van der Waals surface area (Å²) in [5.41, 5.74) is 2.97. The van der Waals surface area contributed by atoms with Gasteiger partial charge in [0.15, 0.2) is 23.0 Å². The van der Waals surface area contributed by atoms with Crippen molar-refractivity contribution in [2.24, 2.45) is 0 Å². The van der Waals surface area contributed by atoms with Crippen LogP contribution in [0.5, 0.6) is 23.0 Å². The maximum absolute atomic E-state index is 14.0. The number of fused-ring (bicyclic) bond motifs is 5. The molecule has 3 aliphatic rings. The van der Waals surface area contributed by atoms with Gasteiger partial charge in [-0.2, -0.15) is 0 Å². The number of rotatable bonds is 4. The van der Waals surface area contributed by atoms with Crippen LogP contribution in [0.3, 0.4) is 0 Å². The van der Waals surface area contributed by atoms with Crippen LogP contribution >= 0.6 is 0 Å². The van der Waals surface area contributed by atoms with Gasteiger partial charge in [-0.05, 0) is 42.3 Å². The van der Waals surface area contributed by atoms with Gasteiger partial charge in [0.2, 0.25) is 6.79 Å². The predicted molar refractivity (Wildman–Crippen MR) is 121 cm³/mol. The van der Waals surface area contributed by atoms with E-state index in [1.54, 1.807) is 29.2 Å². The number of carbonyl (C=O) groups is 2. The zero-order valence-corrected chi connectivity index (χ0v) is 19.2. The molecule has 0 spiro atoms. The minimum absolute atomic E-state index is 0.118. The molecule has 0 bridgehead atoms. The van der Waals surface area contributed by atoms with Crippen LogP contribution in [0, 0.1) is 0 Å². The Morgan fingerprint density at radius 2 is 1.74 bits per heavy atom. The molecule has 2 aromatic carbocycles. The number of hydrogen-bond donors (Lipinski definition) is 0. The van der Waals surface area contributed by atoms with Crippen LogP contribution in [0.2, 0.25) is 0 Å². The number of ether oxygens (including phenoxy) is 6. The van der Waals surface area contributed by atoms with Crippen LogP contribution < -0.4 is 18.9 Å². The molecule has 0 radical (unpaired) electrons. The molecule has 2 aromatic rings. The lowest BCUT2D eigenvalue weighted by Crippen LogP contribution is -2.37. The smallest absolute Gasteiger partial charge is 0.340 e. The highest BCUT2D eigenvalue weighted by Crippen LogP contribution is 2.45. The maximum Gasteiger partial charge on any atom is 0.340 e. The molecule has 3 aliphatic heterocycles. The maximum atomic E-state index is 14.0. The quantitative estimate of drug-likeness (QED) is 0.637. The molecule has 34 heavy (non-hydrogen) atoms. The molecule has 5 rings (SSSR count). The molecular formula is C25H23NO8. The van der Waals surface area contributed by atoms with E-state index in [4.69, 9.17) is 28.4 Å². The normalized spacial score (nSPS) is 19.6. The van der Waals surface area contributed by atoms with Gasteiger partial charge in [0.1, 0.15) is 5.76 Å². The summed E-state index contributed by atoms with van der Waals surface area (Å²) in [4.78, 5) is 28.6. The van der Waals surface area contributed by atoms with Crippen molar-refractivity contribution in [1.29, 1.82) is 0 Å². The fraction of sp³-hybridized carbons (Fsp3) is 0.280. The Morgan fingerprint density at radius 1 is 0.971 bits per heavy atom. The number of carbonyl (C=O) groups excluding carboxylic acids is 2. The van der Waals surface area contributed by atoms with E-state index in [1.807, 2.05) is 6.07 Å². The van der Waals surface area contributed by atoms with E-state index in [-0.39, 0.29) is 24.0 Å². The van der Waals surface area contributed by atoms with Gasteiger partial charge in [-0.25, -0.2) is 4.79 Å². The Labute approximate surface area is 196 Å². The minimum Gasteiger partial charge on any atom is -0.496 e. The molecule has 0 saturated carbocycles. The van der Waals surface area contributed by atoms with Crippen molar-refractivity contribution in [2.75, 3.05) is 41.8 Å². The standard InChI is InChI=1S/C25H23NO8/c1-29-17-6-5-14-21(23(17)31-3)20(30-2)11-16(25(28)32-4)22-15-10-19-18(33-12-34-19)9-13(15)7-8-26(22)24(14)27/h5-6,9-11H,7-8,12H2,1-4H3/b20-11+,22-16+. The Morgan fingerprint density at radius 3 is 2.41 bits per heavy atom. The van der Waals surface area contributed by atoms with Crippen molar-refractivity contribution < 1.29 is 38.0 Å². The van der Waals surface area contributed by atoms with Gasteiger partial charge in [-0.1, -0.05) is 0 Å². The predicted octanol–water partition coefficient (Wildman–Crippen LogP) is 3.02. The monoisotopic (exact) mass is 465 g/mol. The highest BCUT2D eigenvalue weighted by molar-refractivity contribution is 6.11. The molecule has 9 heteroatoms. The van der Waals surface area contributed by atoms with Gasteiger partial charge in [-0.3, -0.25) is 4.79 Å². The van der Waals surface area contributed by atoms with Crippen LogP contribution in [0.4, 0.5) is 0 Å². The van der Waals surface area contributed by atoms with Crippen LogP contribution in [-0.4, -0.2) is 58.6 Å². The molecule has 0 N–H and O–H groups in total. The van der Waals surface area contributed by atoms with Gasteiger partial charge in [0, 0.05) is 12.1 Å². The highest BCUT2D eigenvalue weighted by atomic mass is 16.7. The molecule has 0 aliphatic carbocycles. The summed E-state index contributed by atoms with van der Waals surface area (Å²) in [6, 6.07) is 7.03. The van der Waals surface area contributed by atoms with E-state index in [0.29, 0.717) is 58.4 Å². The van der Waals surface area contributed by atoms with Crippen molar-refractivity contribution >= 4 is 23.3 Å². The Balaban J connectivity index is 1.85. The second-order valence-electron chi connectivity index (χ2n) is 7.76. The third-order valence-electron chi connectivity index (χ3n) is 6.15. The molecule has 0 saturated heterocycles. The van der Waals surface area contributed by atoms with Gasteiger partial charge in [0.25, 0.3) is 5.91 Å². The lowest BCUT2D eigenvalue weighted by Gasteiger charge is -2.35. The van der Waals surface area contributed by atoms with E-state index < -0.39 is 5.97 Å². The van der Waals surface area contributed by atoms with E-state index in [9.17, 15) is 9.59 Å². The molecule has 1 amide bonds. The second kappa shape index (κ2) is 8.33. The van der Waals surface area contributed by atoms with Crippen molar-refractivity contribution in [3.05, 3.63) is 58.2 Å². The van der Waals surface area contributed by atoms with Crippen LogP contribution in [0.25, 0.3) is 11.5 Å². The number of hydrogen-bond acceptors (Lipinski definition) is 8. The molecule has 0 unspecified atom stereocenters. The van der Waals surface area contributed by atoms with Crippen molar-refractivity contribution in [1.82, 2.24) is 4.90 Å². The molecule has 9 nitrogen and oxygen atoms in total. The SMILES string of the molecule is COC(=O)C1=C2\c3cc4c(cc3CCN2C(=O)c2ccc(OC)c(OC)c2/C(OC)=C\1)OCO4. The Bertz CT molecular complexity index is 1280. The number of esters is 1. The molecule has 0 aromatic heterocycles. The zero-order chi connectivity index (χ0) is 24.0. The first-order chi connectivity index (χ1) is 16.5. The van der Waals surface area contributed by atoms with Gasteiger partial charge < -0.3 is 33.3 Å². The molecular weight excluding hydrogens is 442 g/mol. The van der Waals surface area contributed by atoms with E-state index >= 15 is 0 Å². The van der Waals surface area contributed by atoms with Crippen LogP contribution in [0.15, 0.2) is 35.9 Å². The second-order valence-corrected chi connectivity index (χ2v) is 7.76. The van der Waals surface area contributed by atoms with E-state index in [0.717, 1.165) is 5.56 Å². The minimum atomic E-state index is -0.613. The summed E-state index contributed by atoms with van der Waals surface area (Å²) in [6.07, 6.45) is 2.14. The molecule has 0 atom stereocenters. The molecule has 3 heterocycles. The first-order valence-electron chi connectivity index (χ1n) is 10.6. The number of methoxy groups -OCH3 is 4. The van der Waals surface area contributed by atoms with Crippen molar-refractivity contribution in [3.63, 3.8) is 0 Å². The summed E-state index contributed by atoms with van der Waals surface area (Å²) >= 11 is 0. The topological polar surface area (TPSA) is 92.8 Å². The summed E-state index contributed by atoms with van der Waals surface area (Å²) < 4.78 is 32.9. The number of amides is 1. The van der Waals surface area contributed by atoms with Crippen LogP contribution in [-0.2, 0) is 20.7 Å². The van der Waals surface area contributed by atoms with Crippen molar-refractivity contribution in [3.8, 4) is 23.0 Å². The third kappa shape index (κ3) is 3.15. The van der Waals surface area contributed by atoms with Crippen molar-refractivity contribution in [2.45, 2.75) is 6.42 Å². The fourth-order valence-electron chi connectivity index (χ4n) is 4.59. The third-order valence-corrected chi connectivity index (χ3v) is 6.15. The molecule has 176 valence electrons. The van der Waals surface area contributed by atoms with E-state index in [1.165, 1.54) is 28.4 Å². The van der Waals surface area contributed by atoms with Gasteiger partial charge in [-0.15, -0.1) is 0 Å². The Kier molecular flexibility index (Phi) is 5.31. The number of benzene rings is 2. The van der Waals surface area contributed by atoms with Gasteiger partial charge in [0.05, 0.1) is 50.8 Å².